The molecule has 0 radical (unpaired) electrons. The van der Waals surface area contributed by atoms with Gasteiger partial charge in [-0.15, -0.1) is 0 Å². The van der Waals surface area contributed by atoms with Gasteiger partial charge in [-0.05, 0) is 12.5 Å². The molecule has 19 heavy (non-hydrogen) atoms. The highest BCUT2D eigenvalue weighted by Crippen LogP contribution is 2.14. The third-order valence-corrected chi connectivity index (χ3v) is 4.34. The SMILES string of the molecule is CCC(CN)NS(=O)(=O)c1cc(C(=O)NC)n(C)c1. The van der Waals surface area contributed by atoms with Crippen molar-refractivity contribution in [1.29, 1.82) is 0 Å². The standard InChI is InChI=1S/C11H20N4O3S/c1-4-8(6-12)14-19(17,18)9-5-10(11(16)13-2)15(3)7-9/h5,7-8,14H,4,6,12H2,1-3H3,(H,13,16). The summed E-state index contributed by atoms with van der Waals surface area (Å²) in [6.07, 6.45) is 2.00. The molecule has 1 unspecified atom stereocenters. The number of nitrogens with zero attached hydrogens (tertiary/aromatic N) is 1. The Morgan fingerprint density at radius 3 is 2.63 bits per heavy atom. The average molecular weight is 288 g/mol. The number of amides is 1. The number of carbonyl (C=O) groups excluding carboxylic acids is 1. The van der Waals surface area contributed by atoms with E-state index in [1.807, 2.05) is 6.92 Å². The van der Waals surface area contributed by atoms with Crippen molar-refractivity contribution in [3.8, 4) is 0 Å². The Bertz CT molecular complexity index is 546. The molecule has 0 bridgehead atoms. The largest absolute Gasteiger partial charge is 0.354 e. The average Bonchev–Trinajstić information content (AvgIpc) is 2.78. The minimum atomic E-state index is -3.66. The fourth-order valence-electron chi connectivity index (χ4n) is 1.62. The highest BCUT2D eigenvalue weighted by molar-refractivity contribution is 7.89. The van der Waals surface area contributed by atoms with Gasteiger partial charge in [0.2, 0.25) is 10.0 Å². The molecule has 7 nitrogen and oxygen atoms in total. The Morgan fingerprint density at radius 2 is 2.16 bits per heavy atom. The van der Waals surface area contributed by atoms with Gasteiger partial charge in [0.05, 0.1) is 0 Å². The van der Waals surface area contributed by atoms with E-state index in [0.29, 0.717) is 6.42 Å². The van der Waals surface area contributed by atoms with Gasteiger partial charge >= 0.3 is 0 Å². The number of aryl methyl sites for hydroxylation is 1. The predicted molar refractivity (Wildman–Crippen MR) is 72.3 cm³/mol. The van der Waals surface area contributed by atoms with E-state index in [4.69, 9.17) is 5.73 Å². The van der Waals surface area contributed by atoms with Gasteiger partial charge in [0.25, 0.3) is 5.91 Å². The van der Waals surface area contributed by atoms with Crippen molar-refractivity contribution in [2.45, 2.75) is 24.3 Å². The van der Waals surface area contributed by atoms with Crippen molar-refractivity contribution in [2.75, 3.05) is 13.6 Å². The molecule has 1 atom stereocenters. The van der Waals surface area contributed by atoms with E-state index in [-0.39, 0.29) is 29.1 Å². The topological polar surface area (TPSA) is 106 Å². The fourth-order valence-corrected chi connectivity index (χ4v) is 3.02. The number of hydrogen-bond donors (Lipinski definition) is 3. The molecule has 0 aromatic carbocycles. The lowest BCUT2D eigenvalue weighted by atomic mass is 10.2. The van der Waals surface area contributed by atoms with Crippen molar-refractivity contribution < 1.29 is 13.2 Å². The summed E-state index contributed by atoms with van der Waals surface area (Å²) >= 11 is 0. The van der Waals surface area contributed by atoms with Crippen LogP contribution in [0.25, 0.3) is 0 Å². The normalized spacial score (nSPS) is 13.3. The first-order chi connectivity index (χ1) is 8.85. The molecule has 8 heteroatoms. The summed E-state index contributed by atoms with van der Waals surface area (Å²) in [4.78, 5) is 11.6. The quantitative estimate of drug-likeness (QED) is 0.650. The summed E-state index contributed by atoms with van der Waals surface area (Å²) in [5.74, 6) is -0.338. The molecule has 1 heterocycles. The lowest BCUT2D eigenvalue weighted by Gasteiger charge is -2.13. The summed E-state index contributed by atoms with van der Waals surface area (Å²) in [6.45, 7) is 2.08. The second-order valence-corrected chi connectivity index (χ2v) is 5.93. The van der Waals surface area contributed by atoms with Crippen LogP contribution in [0.15, 0.2) is 17.2 Å². The Balaban J connectivity index is 3.06. The Labute approximate surface area is 113 Å². The number of carbonyl (C=O) groups is 1. The number of rotatable bonds is 6. The van der Waals surface area contributed by atoms with Crippen LogP contribution >= 0.6 is 0 Å². The van der Waals surface area contributed by atoms with Crippen LogP contribution in [0.5, 0.6) is 0 Å². The Kier molecular flexibility index (Phi) is 5.10. The minimum Gasteiger partial charge on any atom is -0.354 e. The van der Waals surface area contributed by atoms with Gasteiger partial charge in [0.1, 0.15) is 10.6 Å². The molecule has 1 aromatic heterocycles. The summed E-state index contributed by atoms with van der Waals surface area (Å²) in [5.41, 5.74) is 5.76. The Morgan fingerprint density at radius 1 is 1.53 bits per heavy atom. The van der Waals surface area contributed by atoms with Crippen molar-refractivity contribution in [1.82, 2.24) is 14.6 Å². The Hall–Kier alpha value is -1.38. The van der Waals surface area contributed by atoms with Crippen molar-refractivity contribution in [3.05, 3.63) is 18.0 Å². The molecule has 0 spiro atoms. The second kappa shape index (κ2) is 6.18. The zero-order valence-corrected chi connectivity index (χ0v) is 12.1. The first-order valence-corrected chi connectivity index (χ1v) is 7.44. The summed E-state index contributed by atoms with van der Waals surface area (Å²) in [6, 6.07) is 1.03. The third kappa shape index (κ3) is 3.55. The predicted octanol–water partition coefficient (Wildman–Crippen LogP) is -0.600. The first kappa shape index (κ1) is 15.7. The van der Waals surface area contributed by atoms with Gasteiger partial charge in [0, 0.05) is 32.9 Å². The van der Waals surface area contributed by atoms with Crippen LogP contribution in [0.4, 0.5) is 0 Å². The van der Waals surface area contributed by atoms with E-state index in [9.17, 15) is 13.2 Å². The van der Waals surface area contributed by atoms with Crippen molar-refractivity contribution >= 4 is 15.9 Å². The molecule has 0 saturated heterocycles. The second-order valence-electron chi connectivity index (χ2n) is 4.21. The van der Waals surface area contributed by atoms with Crippen molar-refractivity contribution in [3.63, 3.8) is 0 Å². The number of nitrogens with two attached hydrogens (primary N) is 1. The maximum absolute atomic E-state index is 12.1. The van der Waals surface area contributed by atoms with Crippen LogP contribution in [0.1, 0.15) is 23.8 Å². The van der Waals surface area contributed by atoms with E-state index >= 15 is 0 Å². The molecule has 4 N–H and O–H groups in total. The van der Waals surface area contributed by atoms with E-state index in [0.717, 1.165) is 0 Å². The van der Waals surface area contributed by atoms with Crippen molar-refractivity contribution in [2.24, 2.45) is 12.8 Å². The molecule has 0 aliphatic carbocycles. The van der Waals surface area contributed by atoms with E-state index in [2.05, 4.69) is 10.0 Å². The van der Waals surface area contributed by atoms with Crippen LogP contribution < -0.4 is 15.8 Å². The monoisotopic (exact) mass is 288 g/mol. The third-order valence-electron chi connectivity index (χ3n) is 2.85. The summed E-state index contributed by atoms with van der Waals surface area (Å²) in [7, 11) is -0.554. The molecule has 1 amide bonds. The minimum absolute atomic E-state index is 0.0560. The number of sulfonamides is 1. The molecule has 1 rings (SSSR count). The number of aromatic nitrogens is 1. The van der Waals surface area contributed by atoms with Crippen LogP contribution in [0.3, 0.4) is 0 Å². The molecule has 0 fully saturated rings. The van der Waals surface area contributed by atoms with Crippen LogP contribution in [-0.4, -0.2) is 38.5 Å². The zero-order chi connectivity index (χ0) is 14.6. The molecular weight excluding hydrogens is 268 g/mol. The van der Waals surface area contributed by atoms with E-state index in [1.54, 1.807) is 7.05 Å². The van der Waals surface area contributed by atoms with Gasteiger partial charge < -0.3 is 15.6 Å². The van der Waals surface area contributed by atoms with E-state index in [1.165, 1.54) is 23.9 Å². The van der Waals surface area contributed by atoms with Gasteiger partial charge in [-0.1, -0.05) is 6.92 Å². The maximum Gasteiger partial charge on any atom is 0.267 e. The smallest absolute Gasteiger partial charge is 0.267 e. The highest BCUT2D eigenvalue weighted by atomic mass is 32.2. The maximum atomic E-state index is 12.1. The molecular formula is C11H20N4O3S. The first-order valence-electron chi connectivity index (χ1n) is 5.96. The van der Waals surface area contributed by atoms with Gasteiger partial charge in [0.15, 0.2) is 0 Å². The number of nitrogens with one attached hydrogen (secondary N) is 2. The summed E-state index contributed by atoms with van der Waals surface area (Å²) in [5, 5.41) is 2.45. The molecule has 0 saturated carbocycles. The van der Waals surface area contributed by atoms with Gasteiger partial charge in [-0.25, -0.2) is 13.1 Å². The van der Waals surface area contributed by atoms with Crippen LogP contribution in [-0.2, 0) is 17.1 Å². The molecule has 0 aliphatic rings. The lowest BCUT2D eigenvalue weighted by molar-refractivity contribution is 0.0955. The summed E-state index contributed by atoms with van der Waals surface area (Å²) < 4.78 is 28.2. The van der Waals surface area contributed by atoms with Crippen LogP contribution in [0.2, 0.25) is 0 Å². The number of hydrogen-bond acceptors (Lipinski definition) is 4. The molecule has 108 valence electrons. The highest BCUT2D eigenvalue weighted by Gasteiger charge is 2.22. The van der Waals surface area contributed by atoms with Crippen LogP contribution in [0, 0.1) is 0 Å². The molecule has 1 aromatic rings. The van der Waals surface area contributed by atoms with Gasteiger partial charge in [-0.3, -0.25) is 4.79 Å². The van der Waals surface area contributed by atoms with E-state index < -0.39 is 10.0 Å². The van der Waals surface area contributed by atoms with Gasteiger partial charge in [-0.2, -0.15) is 0 Å². The molecule has 0 aliphatic heterocycles. The lowest BCUT2D eigenvalue weighted by Crippen LogP contribution is -2.39. The zero-order valence-electron chi connectivity index (χ0n) is 11.3. The fraction of sp³-hybridized carbons (Fsp3) is 0.545.